The van der Waals surface area contributed by atoms with Gasteiger partial charge in [-0.05, 0) is 41.0 Å². The number of halogens is 1. The maximum Gasteiger partial charge on any atom is 0.254 e. The smallest absolute Gasteiger partial charge is 0.254 e. The van der Waals surface area contributed by atoms with Crippen molar-refractivity contribution in [2.24, 2.45) is 0 Å². The van der Waals surface area contributed by atoms with Crippen LogP contribution >= 0.6 is 0 Å². The van der Waals surface area contributed by atoms with Crippen molar-refractivity contribution in [2.75, 3.05) is 31.3 Å². The van der Waals surface area contributed by atoms with E-state index in [-0.39, 0.29) is 11.7 Å². The van der Waals surface area contributed by atoms with Crippen LogP contribution in [-0.4, -0.2) is 56.4 Å². The van der Waals surface area contributed by atoms with Crippen molar-refractivity contribution < 1.29 is 13.7 Å². The van der Waals surface area contributed by atoms with Gasteiger partial charge in [0.1, 0.15) is 23.6 Å². The Kier molecular flexibility index (Phi) is 4.48. The highest BCUT2D eigenvalue weighted by Crippen LogP contribution is 2.23. The molecule has 1 unspecified atom stereocenters. The predicted molar refractivity (Wildman–Crippen MR) is 99.7 cm³/mol. The average Bonchev–Trinajstić information content (AvgIpc) is 3.08. The fourth-order valence-electron chi connectivity index (χ4n) is 3.09. The Balaban J connectivity index is 1.85. The highest BCUT2D eigenvalue weighted by molar-refractivity contribution is 7.91. The molecule has 2 bridgehead atoms. The number of hydrogen-bond acceptors (Lipinski definition) is 5. The van der Waals surface area contributed by atoms with Crippen LogP contribution in [0.2, 0.25) is 0 Å². The van der Waals surface area contributed by atoms with Gasteiger partial charge in [0, 0.05) is 32.4 Å². The first kappa shape index (κ1) is 17.7. The Morgan fingerprint density at radius 3 is 2.85 bits per heavy atom. The number of benzene rings is 1. The van der Waals surface area contributed by atoms with E-state index < -0.39 is 17.0 Å². The van der Waals surface area contributed by atoms with Gasteiger partial charge in [-0.2, -0.15) is 5.10 Å². The van der Waals surface area contributed by atoms with Crippen LogP contribution in [0.4, 0.5) is 10.2 Å². The van der Waals surface area contributed by atoms with Crippen LogP contribution in [0, 0.1) is 5.82 Å². The zero-order valence-corrected chi connectivity index (χ0v) is 15.7. The summed E-state index contributed by atoms with van der Waals surface area (Å²) in [6.07, 6.45) is 3.30. The second-order valence-electron chi connectivity index (χ2n) is 6.50. The molecule has 0 saturated heterocycles. The average molecular weight is 387 g/mol. The third-order valence-electron chi connectivity index (χ3n) is 4.62. The number of anilines is 1. The first-order valence-corrected chi connectivity index (χ1v) is 9.74. The van der Waals surface area contributed by atoms with Gasteiger partial charge >= 0.3 is 0 Å². The molecule has 1 atom stereocenters. The van der Waals surface area contributed by atoms with E-state index in [2.05, 4.69) is 10.1 Å². The fraction of sp³-hybridized carbons (Fsp3) is 0.278. The number of fused-ring (bicyclic) bond motifs is 2. The van der Waals surface area contributed by atoms with E-state index in [1.807, 2.05) is 11.9 Å². The molecule has 1 aliphatic heterocycles. The largest absolute Gasteiger partial charge is 0.611 e. The number of aromatic nitrogens is 3. The zero-order chi connectivity index (χ0) is 19.1. The quantitative estimate of drug-likeness (QED) is 0.549. The SMILES string of the molecule is CN1CC[S+]([O-])c2cnn3ccc(nc23)N(C)Cc2cc(F)ccc2C1=O. The molecule has 3 heterocycles. The molecule has 0 fully saturated rings. The van der Waals surface area contributed by atoms with Gasteiger partial charge in [0.05, 0.1) is 6.54 Å². The second-order valence-corrected chi connectivity index (χ2v) is 8.04. The van der Waals surface area contributed by atoms with Crippen LogP contribution in [0.25, 0.3) is 5.65 Å². The Morgan fingerprint density at radius 2 is 2.04 bits per heavy atom. The first-order valence-electron chi connectivity index (χ1n) is 8.42. The van der Waals surface area contributed by atoms with Gasteiger partial charge in [-0.15, -0.1) is 0 Å². The van der Waals surface area contributed by atoms with Gasteiger partial charge in [-0.25, -0.2) is 13.9 Å². The molecule has 1 aliphatic rings. The van der Waals surface area contributed by atoms with Crippen molar-refractivity contribution in [2.45, 2.75) is 11.4 Å². The summed E-state index contributed by atoms with van der Waals surface area (Å²) < 4.78 is 28.1. The predicted octanol–water partition coefficient (Wildman–Crippen LogP) is 1.70. The molecule has 0 radical (unpaired) electrons. The lowest BCUT2D eigenvalue weighted by Crippen LogP contribution is -2.32. The molecule has 27 heavy (non-hydrogen) atoms. The molecule has 3 aromatic rings. The van der Waals surface area contributed by atoms with Crippen molar-refractivity contribution in [3.8, 4) is 0 Å². The van der Waals surface area contributed by atoms with Crippen LogP contribution in [0.5, 0.6) is 0 Å². The molecule has 0 aliphatic carbocycles. The topological polar surface area (TPSA) is 76.8 Å². The van der Waals surface area contributed by atoms with Crippen LogP contribution < -0.4 is 4.90 Å². The monoisotopic (exact) mass is 387 g/mol. The number of carbonyl (C=O) groups is 1. The number of nitrogens with zero attached hydrogens (tertiary/aromatic N) is 5. The summed E-state index contributed by atoms with van der Waals surface area (Å²) >= 11 is -1.35. The standard InChI is InChI=1S/C18H18FN5O2S/c1-22-7-8-27(26)15-10-20-24-6-5-16(21-17(15)24)23(2)11-12-9-13(19)3-4-14(12)18(22)25/h3-6,9-10H,7-8,11H2,1-2H3. The van der Waals surface area contributed by atoms with Crippen molar-refractivity contribution in [3.63, 3.8) is 0 Å². The molecule has 1 aromatic carbocycles. The lowest BCUT2D eigenvalue weighted by Gasteiger charge is -2.22. The summed E-state index contributed by atoms with van der Waals surface area (Å²) in [5.41, 5.74) is 1.52. The summed E-state index contributed by atoms with van der Waals surface area (Å²) in [6, 6.07) is 5.93. The minimum atomic E-state index is -1.35. The van der Waals surface area contributed by atoms with Crippen LogP contribution in [-0.2, 0) is 17.7 Å². The van der Waals surface area contributed by atoms with Gasteiger partial charge in [-0.1, -0.05) is 0 Å². The number of amides is 1. The summed E-state index contributed by atoms with van der Waals surface area (Å²) in [6.45, 7) is 0.609. The third-order valence-corrected chi connectivity index (χ3v) is 5.95. The highest BCUT2D eigenvalue weighted by atomic mass is 32.2. The summed E-state index contributed by atoms with van der Waals surface area (Å²) in [5.74, 6) is 0.262. The van der Waals surface area contributed by atoms with Gasteiger partial charge < -0.3 is 14.4 Å². The fourth-order valence-corrected chi connectivity index (χ4v) is 4.25. The van der Waals surface area contributed by atoms with Gasteiger partial charge in [0.25, 0.3) is 5.91 Å². The van der Waals surface area contributed by atoms with Crippen LogP contribution in [0.1, 0.15) is 15.9 Å². The van der Waals surface area contributed by atoms with Gasteiger partial charge in [-0.3, -0.25) is 4.79 Å². The third kappa shape index (κ3) is 3.24. The molecule has 4 rings (SSSR count). The van der Waals surface area contributed by atoms with Crippen molar-refractivity contribution in [1.82, 2.24) is 19.5 Å². The molecule has 7 nitrogen and oxygen atoms in total. The highest BCUT2D eigenvalue weighted by Gasteiger charge is 2.24. The zero-order valence-electron chi connectivity index (χ0n) is 14.9. The van der Waals surface area contributed by atoms with E-state index in [0.717, 1.165) is 0 Å². The Labute approximate surface area is 158 Å². The Bertz CT molecular complexity index is 1020. The maximum atomic E-state index is 13.8. The summed E-state index contributed by atoms with van der Waals surface area (Å²) in [5, 5.41) is 4.20. The second kappa shape index (κ2) is 6.82. The maximum absolute atomic E-state index is 13.8. The van der Waals surface area contributed by atoms with E-state index in [0.29, 0.717) is 40.6 Å². The van der Waals surface area contributed by atoms with Crippen LogP contribution in [0.3, 0.4) is 0 Å². The molecule has 0 saturated carbocycles. The van der Waals surface area contributed by atoms with E-state index >= 15 is 0 Å². The first-order chi connectivity index (χ1) is 12.9. The Morgan fingerprint density at radius 1 is 1.22 bits per heavy atom. The molecule has 0 N–H and O–H groups in total. The minimum absolute atomic E-state index is 0.227. The van der Waals surface area contributed by atoms with Gasteiger partial charge in [0.15, 0.2) is 0 Å². The van der Waals surface area contributed by atoms with Crippen molar-refractivity contribution in [1.29, 1.82) is 0 Å². The number of hydrogen-bond donors (Lipinski definition) is 0. The molecule has 9 heteroatoms. The lowest BCUT2D eigenvalue weighted by atomic mass is 10.1. The van der Waals surface area contributed by atoms with E-state index in [9.17, 15) is 13.7 Å². The normalized spacial score (nSPS) is 18.2. The van der Waals surface area contributed by atoms with Crippen molar-refractivity contribution in [3.05, 3.63) is 53.6 Å². The van der Waals surface area contributed by atoms with E-state index in [1.54, 1.807) is 30.0 Å². The number of carbonyl (C=O) groups excluding carboxylic acids is 1. The van der Waals surface area contributed by atoms with Crippen molar-refractivity contribution >= 4 is 28.5 Å². The lowest BCUT2D eigenvalue weighted by molar-refractivity contribution is 0.0802. The molecule has 0 spiro atoms. The molecule has 1 amide bonds. The molecular formula is C18H18FN5O2S. The van der Waals surface area contributed by atoms with Crippen LogP contribution in [0.15, 0.2) is 41.6 Å². The molecule has 140 valence electrons. The van der Waals surface area contributed by atoms with E-state index in [1.165, 1.54) is 23.1 Å². The summed E-state index contributed by atoms with van der Waals surface area (Å²) in [7, 11) is 3.47. The number of rotatable bonds is 0. The molecule has 2 aromatic heterocycles. The van der Waals surface area contributed by atoms with E-state index in [4.69, 9.17) is 0 Å². The molecular weight excluding hydrogens is 369 g/mol. The minimum Gasteiger partial charge on any atom is -0.611 e. The van der Waals surface area contributed by atoms with Gasteiger partial charge in [0.2, 0.25) is 10.5 Å². The summed E-state index contributed by atoms with van der Waals surface area (Å²) in [4.78, 5) is 21.3. The Hall–Kier alpha value is -2.65.